The van der Waals surface area contributed by atoms with Gasteiger partial charge in [-0.1, -0.05) is 12.1 Å². The molecule has 1 aliphatic heterocycles. The number of nitrogens with zero attached hydrogens (tertiary/aromatic N) is 1. The second-order valence-corrected chi connectivity index (χ2v) is 5.90. The van der Waals surface area contributed by atoms with Crippen LogP contribution in [0.5, 0.6) is 5.75 Å². The van der Waals surface area contributed by atoms with Crippen LogP contribution in [-0.4, -0.2) is 32.1 Å². The van der Waals surface area contributed by atoms with Crippen molar-refractivity contribution in [3.05, 3.63) is 64.7 Å². The van der Waals surface area contributed by atoms with Crippen molar-refractivity contribution in [2.45, 2.75) is 19.3 Å². The number of ether oxygens (including phenoxy) is 4. The first-order valence-corrected chi connectivity index (χ1v) is 8.58. The first kappa shape index (κ1) is 19.9. The van der Waals surface area contributed by atoms with Crippen LogP contribution in [0.3, 0.4) is 0 Å². The lowest BCUT2D eigenvalue weighted by molar-refractivity contribution is -0.234. The number of carbonyl (C=O) groups is 1. The van der Waals surface area contributed by atoms with Crippen LogP contribution in [0.2, 0.25) is 0 Å². The smallest absolute Gasteiger partial charge is 0.343 e. The quantitative estimate of drug-likeness (QED) is 0.575. The van der Waals surface area contributed by atoms with Crippen molar-refractivity contribution in [2.75, 3.05) is 19.8 Å². The molecule has 0 radical (unpaired) electrons. The highest BCUT2D eigenvalue weighted by molar-refractivity contribution is 5.91. The first-order chi connectivity index (χ1) is 13.5. The molecule has 0 amide bonds. The van der Waals surface area contributed by atoms with Crippen molar-refractivity contribution in [2.24, 2.45) is 0 Å². The van der Waals surface area contributed by atoms with E-state index in [1.165, 1.54) is 18.2 Å². The summed E-state index contributed by atoms with van der Waals surface area (Å²) in [5, 5.41) is 8.68. The molecule has 0 aromatic heterocycles. The number of hydrogen-bond acceptors (Lipinski definition) is 6. The minimum Gasteiger partial charge on any atom is -0.420 e. The highest BCUT2D eigenvalue weighted by Gasteiger charge is 2.24. The fourth-order valence-corrected chi connectivity index (χ4v) is 2.65. The SMILES string of the molecule is CCOC1COC(c2ccc(C(=O)Oc3ccc(C#N)c(F)c3F)cc2)CO1. The number of hydrogen-bond donors (Lipinski definition) is 0. The van der Waals surface area contributed by atoms with Gasteiger partial charge in [0.15, 0.2) is 17.9 Å². The van der Waals surface area contributed by atoms with E-state index >= 15 is 0 Å². The van der Waals surface area contributed by atoms with Crippen LogP contribution in [0.25, 0.3) is 0 Å². The zero-order chi connectivity index (χ0) is 20.1. The van der Waals surface area contributed by atoms with E-state index in [2.05, 4.69) is 0 Å². The zero-order valence-electron chi connectivity index (χ0n) is 15.0. The van der Waals surface area contributed by atoms with E-state index in [0.717, 1.165) is 17.7 Å². The third-order valence-corrected chi connectivity index (χ3v) is 4.11. The van der Waals surface area contributed by atoms with Gasteiger partial charge in [0.25, 0.3) is 0 Å². The Balaban J connectivity index is 1.65. The summed E-state index contributed by atoms with van der Waals surface area (Å²) in [6, 6.07) is 9.91. The maximum atomic E-state index is 13.9. The highest BCUT2D eigenvalue weighted by Crippen LogP contribution is 2.25. The van der Waals surface area contributed by atoms with E-state index in [0.29, 0.717) is 19.8 Å². The van der Waals surface area contributed by atoms with Gasteiger partial charge < -0.3 is 18.9 Å². The van der Waals surface area contributed by atoms with E-state index in [4.69, 9.17) is 24.2 Å². The summed E-state index contributed by atoms with van der Waals surface area (Å²) in [7, 11) is 0. The molecule has 0 bridgehead atoms. The molecule has 1 saturated heterocycles. The van der Waals surface area contributed by atoms with Crippen molar-refractivity contribution in [1.82, 2.24) is 0 Å². The van der Waals surface area contributed by atoms with Crippen LogP contribution in [-0.2, 0) is 14.2 Å². The largest absolute Gasteiger partial charge is 0.420 e. The molecule has 2 atom stereocenters. The Morgan fingerprint density at radius 1 is 1.14 bits per heavy atom. The average molecular weight is 389 g/mol. The Morgan fingerprint density at radius 2 is 1.89 bits per heavy atom. The van der Waals surface area contributed by atoms with Crippen LogP contribution in [0, 0.1) is 23.0 Å². The number of halogens is 2. The van der Waals surface area contributed by atoms with Gasteiger partial charge in [0.05, 0.1) is 24.3 Å². The molecular weight excluding hydrogens is 372 g/mol. The summed E-state index contributed by atoms with van der Waals surface area (Å²) in [6.45, 7) is 3.00. The van der Waals surface area contributed by atoms with Crippen molar-refractivity contribution < 1.29 is 32.5 Å². The minimum absolute atomic E-state index is 0.150. The number of esters is 1. The molecule has 28 heavy (non-hydrogen) atoms. The predicted octanol–water partition coefficient (Wildman–Crippen LogP) is 3.51. The topological polar surface area (TPSA) is 77.8 Å². The van der Waals surface area contributed by atoms with Gasteiger partial charge >= 0.3 is 5.97 Å². The van der Waals surface area contributed by atoms with E-state index in [-0.39, 0.29) is 11.7 Å². The van der Waals surface area contributed by atoms with Gasteiger partial charge in [0.1, 0.15) is 12.2 Å². The molecule has 2 unspecified atom stereocenters. The van der Waals surface area contributed by atoms with Gasteiger partial charge in [0.2, 0.25) is 5.82 Å². The molecule has 0 spiro atoms. The second kappa shape index (κ2) is 8.89. The monoisotopic (exact) mass is 389 g/mol. The van der Waals surface area contributed by atoms with Gasteiger partial charge in [-0.15, -0.1) is 0 Å². The summed E-state index contributed by atoms with van der Waals surface area (Å²) in [6.07, 6.45) is -0.690. The lowest BCUT2D eigenvalue weighted by Crippen LogP contribution is -2.33. The average Bonchev–Trinajstić information content (AvgIpc) is 2.72. The number of nitriles is 1. The fraction of sp³-hybridized carbons (Fsp3) is 0.300. The summed E-state index contributed by atoms with van der Waals surface area (Å²) >= 11 is 0. The lowest BCUT2D eigenvalue weighted by atomic mass is 10.1. The molecule has 1 fully saturated rings. The van der Waals surface area contributed by atoms with Gasteiger partial charge in [0, 0.05) is 6.61 Å². The molecule has 8 heteroatoms. The third kappa shape index (κ3) is 4.34. The van der Waals surface area contributed by atoms with Crippen LogP contribution in [0.4, 0.5) is 8.78 Å². The normalized spacial score (nSPS) is 19.1. The number of benzene rings is 2. The molecule has 0 saturated carbocycles. The first-order valence-electron chi connectivity index (χ1n) is 8.58. The molecule has 3 rings (SSSR count). The zero-order valence-corrected chi connectivity index (χ0v) is 15.0. The molecule has 6 nitrogen and oxygen atoms in total. The second-order valence-electron chi connectivity index (χ2n) is 5.90. The summed E-state index contributed by atoms with van der Waals surface area (Å²) in [4.78, 5) is 12.2. The molecule has 146 valence electrons. The summed E-state index contributed by atoms with van der Waals surface area (Å²) in [5.41, 5.74) is 0.474. The Bertz CT molecular complexity index is 887. The van der Waals surface area contributed by atoms with Gasteiger partial charge in [-0.05, 0) is 36.8 Å². The van der Waals surface area contributed by atoms with Crippen molar-refractivity contribution in [1.29, 1.82) is 5.26 Å². The van der Waals surface area contributed by atoms with E-state index in [1.54, 1.807) is 12.1 Å². The maximum absolute atomic E-state index is 13.9. The Morgan fingerprint density at radius 3 is 2.50 bits per heavy atom. The lowest BCUT2D eigenvalue weighted by Gasteiger charge is -2.29. The standard InChI is InChI=1S/C20H17F2NO5/c1-2-25-17-11-26-16(10-27-17)12-3-5-13(6-4-12)20(24)28-15-8-7-14(9-23)18(21)19(15)22/h3-8,16-17H,2,10-11H2,1H3. The molecule has 2 aromatic rings. The number of rotatable bonds is 5. The van der Waals surface area contributed by atoms with E-state index < -0.39 is 35.2 Å². The summed E-state index contributed by atoms with van der Waals surface area (Å²) < 4.78 is 49.0. The summed E-state index contributed by atoms with van der Waals surface area (Å²) in [5.74, 6) is -4.19. The minimum atomic E-state index is -1.39. The van der Waals surface area contributed by atoms with Crippen molar-refractivity contribution >= 4 is 5.97 Å². The van der Waals surface area contributed by atoms with Crippen molar-refractivity contribution in [3.63, 3.8) is 0 Å². The molecule has 1 aliphatic rings. The molecule has 2 aromatic carbocycles. The maximum Gasteiger partial charge on any atom is 0.343 e. The molecule has 0 N–H and O–H groups in total. The Kier molecular flexibility index (Phi) is 6.31. The third-order valence-electron chi connectivity index (χ3n) is 4.11. The van der Waals surface area contributed by atoms with Gasteiger partial charge in [-0.2, -0.15) is 9.65 Å². The molecule has 1 heterocycles. The molecular formula is C20H17F2NO5. The fourth-order valence-electron chi connectivity index (χ4n) is 2.65. The predicted molar refractivity (Wildman–Crippen MR) is 92.5 cm³/mol. The van der Waals surface area contributed by atoms with Crippen LogP contribution in [0.15, 0.2) is 36.4 Å². The van der Waals surface area contributed by atoms with Gasteiger partial charge in [-0.25, -0.2) is 9.18 Å². The van der Waals surface area contributed by atoms with Crippen LogP contribution >= 0.6 is 0 Å². The molecule has 0 aliphatic carbocycles. The van der Waals surface area contributed by atoms with Crippen molar-refractivity contribution in [3.8, 4) is 11.8 Å². The van der Waals surface area contributed by atoms with E-state index in [1.807, 2.05) is 6.92 Å². The number of carbonyl (C=O) groups excluding carboxylic acids is 1. The highest BCUT2D eigenvalue weighted by atomic mass is 19.2. The Labute approximate surface area is 160 Å². The van der Waals surface area contributed by atoms with Gasteiger partial charge in [-0.3, -0.25) is 0 Å². The van der Waals surface area contributed by atoms with E-state index in [9.17, 15) is 13.6 Å². The van der Waals surface area contributed by atoms with Crippen LogP contribution < -0.4 is 4.74 Å². The Hall–Kier alpha value is -2.86. The van der Waals surface area contributed by atoms with Crippen LogP contribution in [0.1, 0.15) is 34.5 Å².